The fraction of sp³-hybridized carbons (Fsp3) is 0.667. The Balaban J connectivity index is 2.43. The molecule has 0 aliphatic heterocycles. The summed E-state index contributed by atoms with van der Waals surface area (Å²) < 4.78 is 0. The topological polar surface area (TPSA) is 49.3 Å². The van der Waals surface area contributed by atoms with E-state index in [4.69, 9.17) is 0 Å². The van der Waals surface area contributed by atoms with Crippen molar-refractivity contribution in [3.05, 3.63) is 16.1 Å². The lowest BCUT2D eigenvalue weighted by Gasteiger charge is -2.20. The molecule has 4 nitrogen and oxygen atoms in total. The van der Waals surface area contributed by atoms with Crippen molar-refractivity contribution < 1.29 is 0 Å². The SMILES string of the molecule is CN=C(NCc1ncc(C)s1)NC(C)C(C)C. The number of nitrogens with one attached hydrogen (secondary N) is 2. The first-order valence-corrected chi connectivity index (χ1v) is 6.73. The van der Waals surface area contributed by atoms with Crippen molar-refractivity contribution in [2.45, 2.75) is 40.3 Å². The summed E-state index contributed by atoms with van der Waals surface area (Å²) in [6.07, 6.45) is 1.90. The molecule has 96 valence electrons. The highest BCUT2D eigenvalue weighted by Crippen LogP contribution is 2.10. The van der Waals surface area contributed by atoms with Crippen molar-refractivity contribution in [2.75, 3.05) is 7.05 Å². The minimum atomic E-state index is 0.402. The molecule has 0 saturated heterocycles. The van der Waals surface area contributed by atoms with Gasteiger partial charge in [0.2, 0.25) is 0 Å². The quantitative estimate of drug-likeness (QED) is 0.639. The van der Waals surface area contributed by atoms with E-state index in [9.17, 15) is 0 Å². The zero-order valence-corrected chi connectivity index (χ0v) is 12.1. The Kier molecular flexibility index (Phi) is 5.41. The highest BCUT2D eigenvalue weighted by atomic mass is 32.1. The van der Waals surface area contributed by atoms with E-state index < -0.39 is 0 Å². The second-order valence-electron chi connectivity index (χ2n) is 4.47. The van der Waals surface area contributed by atoms with Gasteiger partial charge in [0.05, 0.1) is 6.54 Å². The van der Waals surface area contributed by atoms with E-state index in [1.807, 2.05) is 6.20 Å². The molecule has 0 aromatic carbocycles. The van der Waals surface area contributed by atoms with E-state index in [1.165, 1.54) is 4.88 Å². The van der Waals surface area contributed by atoms with Crippen LogP contribution < -0.4 is 10.6 Å². The van der Waals surface area contributed by atoms with Crippen LogP contribution in [0, 0.1) is 12.8 Å². The average molecular weight is 254 g/mol. The molecule has 1 aromatic rings. The van der Waals surface area contributed by atoms with Gasteiger partial charge in [-0.25, -0.2) is 4.98 Å². The molecule has 1 heterocycles. The maximum Gasteiger partial charge on any atom is 0.191 e. The number of hydrogen-bond acceptors (Lipinski definition) is 3. The normalized spacial score (nSPS) is 13.9. The molecule has 5 heteroatoms. The van der Waals surface area contributed by atoms with Gasteiger partial charge in [-0.2, -0.15) is 0 Å². The molecule has 1 atom stereocenters. The third-order valence-corrected chi connectivity index (χ3v) is 3.58. The molecule has 1 aromatic heterocycles. The van der Waals surface area contributed by atoms with Gasteiger partial charge in [0, 0.05) is 24.2 Å². The molecule has 0 spiro atoms. The van der Waals surface area contributed by atoms with Crippen LogP contribution in [-0.4, -0.2) is 24.0 Å². The number of guanidine groups is 1. The second kappa shape index (κ2) is 6.59. The number of aryl methyl sites for hydroxylation is 1. The fourth-order valence-corrected chi connectivity index (χ4v) is 1.95. The summed E-state index contributed by atoms with van der Waals surface area (Å²) in [6, 6.07) is 0.402. The first-order chi connectivity index (χ1) is 8.02. The van der Waals surface area contributed by atoms with Crippen LogP contribution in [0.15, 0.2) is 11.2 Å². The lowest BCUT2D eigenvalue weighted by Crippen LogP contribution is -2.43. The van der Waals surface area contributed by atoms with Gasteiger partial charge in [-0.05, 0) is 19.8 Å². The first kappa shape index (κ1) is 14.0. The molecule has 0 aliphatic carbocycles. The third kappa shape index (κ3) is 4.73. The monoisotopic (exact) mass is 254 g/mol. The lowest BCUT2D eigenvalue weighted by molar-refractivity contribution is 0.481. The molecule has 0 radical (unpaired) electrons. The van der Waals surface area contributed by atoms with Crippen LogP contribution in [-0.2, 0) is 6.54 Å². The van der Waals surface area contributed by atoms with Crippen molar-refractivity contribution in [1.82, 2.24) is 15.6 Å². The van der Waals surface area contributed by atoms with Crippen LogP contribution in [0.1, 0.15) is 30.7 Å². The van der Waals surface area contributed by atoms with Crippen molar-refractivity contribution in [3.63, 3.8) is 0 Å². The predicted molar refractivity (Wildman–Crippen MR) is 74.5 cm³/mol. The van der Waals surface area contributed by atoms with Gasteiger partial charge in [-0.1, -0.05) is 13.8 Å². The maximum atomic E-state index is 4.31. The number of nitrogens with zero attached hydrogens (tertiary/aromatic N) is 2. The van der Waals surface area contributed by atoms with Gasteiger partial charge in [-0.15, -0.1) is 11.3 Å². The number of thiazole rings is 1. The zero-order valence-electron chi connectivity index (χ0n) is 11.2. The van der Waals surface area contributed by atoms with Crippen LogP contribution in [0.4, 0.5) is 0 Å². The summed E-state index contributed by atoms with van der Waals surface area (Å²) in [5, 5.41) is 7.72. The van der Waals surface area contributed by atoms with Gasteiger partial charge in [-0.3, -0.25) is 4.99 Å². The Morgan fingerprint density at radius 2 is 2.18 bits per heavy atom. The van der Waals surface area contributed by atoms with E-state index in [2.05, 4.69) is 48.3 Å². The predicted octanol–water partition coefficient (Wildman–Crippen LogP) is 2.16. The summed E-state index contributed by atoms with van der Waals surface area (Å²) in [5.74, 6) is 1.41. The molecule has 1 unspecified atom stereocenters. The minimum absolute atomic E-state index is 0.402. The Bertz CT molecular complexity index is 370. The van der Waals surface area contributed by atoms with Gasteiger partial charge < -0.3 is 10.6 Å². The van der Waals surface area contributed by atoms with Gasteiger partial charge >= 0.3 is 0 Å². The zero-order chi connectivity index (χ0) is 12.8. The fourth-order valence-electron chi connectivity index (χ4n) is 1.22. The van der Waals surface area contributed by atoms with Crippen molar-refractivity contribution >= 4 is 17.3 Å². The largest absolute Gasteiger partial charge is 0.354 e. The van der Waals surface area contributed by atoms with Gasteiger partial charge in [0.15, 0.2) is 5.96 Å². The molecular weight excluding hydrogens is 232 g/mol. The Morgan fingerprint density at radius 3 is 2.65 bits per heavy atom. The van der Waals surface area contributed by atoms with E-state index in [0.717, 1.165) is 17.5 Å². The molecule has 1 rings (SSSR count). The van der Waals surface area contributed by atoms with Gasteiger partial charge in [0.25, 0.3) is 0 Å². The molecule has 0 aliphatic rings. The molecule has 17 heavy (non-hydrogen) atoms. The minimum Gasteiger partial charge on any atom is -0.354 e. The summed E-state index contributed by atoms with van der Waals surface area (Å²) in [5.41, 5.74) is 0. The van der Waals surface area contributed by atoms with E-state index in [1.54, 1.807) is 18.4 Å². The van der Waals surface area contributed by atoms with Crippen LogP contribution >= 0.6 is 11.3 Å². The molecular formula is C12H22N4S. The van der Waals surface area contributed by atoms with E-state index in [0.29, 0.717) is 12.0 Å². The lowest BCUT2D eigenvalue weighted by atomic mass is 10.1. The number of hydrogen-bond donors (Lipinski definition) is 2. The average Bonchev–Trinajstić information content (AvgIpc) is 2.69. The van der Waals surface area contributed by atoms with Crippen LogP contribution in [0.3, 0.4) is 0 Å². The summed E-state index contributed by atoms with van der Waals surface area (Å²) in [4.78, 5) is 9.75. The molecule has 2 N–H and O–H groups in total. The number of rotatable bonds is 4. The molecule has 0 fully saturated rings. The highest BCUT2D eigenvalue weighted by Gasteiger charge is 2.09. The molecule has 0 saturated carbocycles. The summed E-state index contributed by atoms with van der Waals surface area (Å²) in [7, 11) is 1.79. The summed E-state index contributed by atoms with van der Waals surface area (Å²) >= 11 is 1.71. The van der Waals surface area contributed by atoms with Crippen LogP contribution in [0.2, 0.25) is 0 Å². The molecule has 0 amide bonds. The van der Waals surface area contributed by atoms with Crippen molar-refractivity contribution in [1.29, 1.82) is 0 Å². The Hall–Kier alpha value is -1.10. The standard InChI is InChI=1S/C12H22N4S/c1-8(2)10(4)16-12(13-5)15-7-11-14-6-9(3)17-11/h6,8,10H,7H2,1-5H3,(H2,13,15,16). The van der Waals surface area contributed by atoms with Gasteiger partial charge in [0.1, 0.15) is 5.01 Å². The smallest absolute Gasteiger partial charge is 0.191 e. The maximum absolute atomic E-state index is 4.31. The van der Waals surface area contributed by atoms with Crippen LogP contribution in [0.25, 0.3) is 0 Å². The van der Waals surface area contributed by atoms with Crippen molar-refractivity contribution in [3.8, 4) is 0 Å². The van der Waals surface area contributed by atoms with E-state index in [-0.39, 0.29) is 0 Å². The Morgan fingerprint density at radius 1 is 1.47 bits per heavy atom. The highest BCUT2D eigenvalue weighted by molar-refractivity contribution is 7.11. The van der Waals surface area contributed by atoms with Crippen molar-refractivity contribution in [2.24, 2.45) is 10.9 Å². The van der Waals surface area contributed by atoms with E-state index >= 15 is 0 Å². The third-order valence-electron chi connectivity index (χ3n) is 2.66. The second-order valence-corrected chi connectivity index (χ2v) is 5.79. The number of aromatic nitrogens is 1. The van der Waals surface area contributed by atoms with Crippen LogP contribution in [0.5, 0.6) is 0 Å². The first-order valence-electron chi connectivity index (χ1n) is 5.91. The summed E-state index contributed by atoms with van der Waals surface area (Å²) in [6.45, 7) is 9.33. The number of aliphatic imine (C=N–C) groups is 1. The molecule has 0 bridgehead atoms. The Labute approximate surface area is 108 Å².